The predicted octanol–water partition coefficient (Wildman–Crippen LogP) is 10.9. The second kappa shape index (κ2) is 10.6. The van der Waals surface area contributed by atoms with Crippen LogP contribution in [0.15, 0.2) is 140 Å². The van der Waals surface area contributed by atoms with Gasteiger partial charge in [-0.1, -0.05) is 132 Å². The minimum atomic E-state index is 1.22. The second-order valence-electron chi connectivity index (χ2n) is 10.6. The highest BCUT2D eigenvalue weighted by atomic mass is 14.1. The van der Waals surface area contributed by atoms with Gasteiger partial charge in [-0.15, -0.1) is 0 Å². The molecule has 0 heteroatoms. The number of benzene rings is 6. The summed E-state index contributed by atoms with van der Waals surface area (Å²) in [6.45, 7) is 6.47. The molecule has 0 saturated carbocycles. The summed E-state index contributed by atoms with van der Waals surface area (Å²) in [7, 11) is 0. The molecule has 0 nitrogen and oxygen atoms in total. The fraction of sp³-hybridized carbons (Fsp3) is 0.0769. The average molecular weight is 501 g/mol. The van der Waals surface area contributed by atoms with E-state index < -0.39 is 0 Å². The van der Waals surface area contributed by atoms with Gasteiger partial charge < -0.3 is 0 Å². The monoisotopic (exact) mass is 500 g/mol. The molecular formula is C39H32. The molecule has 0 unspecified atom stereocenters. The van der Waals surface area contributed by atoms with Crippen molar-refractivity contribution in [3.8, 4) is 55.6 Å². The number of aryl methyl sites for hydroxylation is 3. The van der Waals surface area contributed by atoms with Crippen LogP contribution in [0.5, 0.6) is 0 Å². The summed E-state index contributed by atoms with van der Waals surface area (Å²) in [6.07, 6.45) is 0. The highest BCUT2D eigenvalue weighted by molar-refractivity contribution is 5.80. The molecule has 0 aliphatic rings. The van der Waals surface area contributed by atoms with Gasteiger partial charge in [-0.2, -0.15) is 0 Å². The van der Waals surface area contributed by atoms with Crippen molar-refractivity contribution in [3.05, 3.63) is 156 Å². The first-order chi connectivity index (χ1) is 19.0. The lowest BCUT2D eigenvalue weighted by molar-refractivity contribution is 1.38. The lowest BCUT2D eigenvalue weighted by atomic mass is 9.93. The van der Waals surface area contributed by atoms with Crippen molar-refractivity contribution in [2.75, 3.05) is 0 Å². The quantitative estimate of drug-likeness (QED) is 0.221. The van der Waals surface area contributed by atoms with Crippen molar-refractivity contribution in [1.82, 2.24) is 0 Å². The number of hydrogen-bond donors (Lipinski definition) is 0. The van der Waals surface area contributed by atoms with Gasteiger partial charge in [0.25, 0.3) is 0 Å². The first-order valence-electron chi connectivity index (χ1n) is 13.6. The zero-order valence-electron chi connectivity index (χ0n) is 22.8. The van der Waals surface area contributed by atoms with E-state index in [4.69, 9.17) is 0 Å². The summed E-state index contributed by atoms with van der Waals surface area (Å²) in [4.78, 5) is 0. The Morgan fingerprint density at radius 3 is 0.821 bits per heavy atom. The van der Waals surface area contributed by atoms with Crippen LogP contribution in [0.4, 0.5) is 0 Å². The van der Waals surface area contributed by atoms with E-state index in [2.05, 4.69) is 160 Å². The van der Waals surface area contributed by atoms with Gasteiger partial charge in [-0.3, -0.25) is 0 Å². The average Bonchev–Trinajstić information content (AvgIpc) is 2.97. The Labute approximate surface area is 232 Å². The van der Waals surface area contributed by atoms with Crippen LogP contribution in [0, 0.1) is 20.8 Å². The van der Waals surface area contributed by atoms with Gasteiger partial charge in [0, 0.05) is 0 Å². The lowest BCUT2D eigenvalue weighted by Crippen LogP contribution is -1.86. The molecule has 0 aliphatic heterocycles. The topological polar surface area (TPSA) is 0 Å². The summed E-state index contributed by atoms with van der Waals surface area (Å²) < 4.78 is 0. The molecule has 6 aromatic rings. The first kappa shape index (κ1) is 24.6. The largest absolute Gasteiger partial charge is 0.0614 e. The molecule has 0 spiro atoms. The first-order valence-corrected chi connectivity index (χ1v) is 13.6. The molecule has 6 rings (SSSR count). The normalized spacial score (nSPS) is 10.9. The Kier molecular flexibility index (Phi) is 6.69. The van der Waals surface area contributed by atoms with Crippen LogP contribution in [-0.4, -0.2) is 0 Å². The highest BCUT2D eigenvalue weighted by Crippen LogP contribution is 2.33. The minimum Gasteiger partial charge on any atom is -0.0614 e. The molecule has 0 heterocycles. The number of hydrogen-bond acceptors (Lipinski definition) is 0. The predicted molar refractivity (Wildman–Crippen MR) is 168 cm³/mol. The molecule has 0 bridgehead atoms. The van der Waals surface area contributed by atoms with Crippen molar-refractivity contribution in [2.45, 2.75) is 20.8 Å². The standard InChI is InChI=1S/C39H32/c1-27-9-4-10-30(20-27)31-11-5-12-32(23-31)33-13-6-14-34(24-33)35-15-7-16-36(25-35)37-17-8-18-38(26-37)39-21-28(2)19-29(3)22-39/h4-26H,1-3H3. The maximum Gasteiger partial charge on any atom is -0.0178 e. The smallest absolute Gasteiger partial charge is 0.0178 e. The van der Waals surface area contributed by atoms with Crippen molar-refractivity contribution >= 4 is 0 Å². The second-order valence-corrected chi connectivity index (χ2v) is 10.6. The highest BCUT2D eigenvalue weighted by Gasteiger charge is 2.07. The van der Waals surface area contributed by atoms with E-state index >= 15 is 0 Å². The van der Waals surface area contributed by atoms with Crippen LogP contribution in [0.3, 0.4) is 0 Å². The van der Waals surface area contributed by atoms with Crippen LogP contribution in [0.2, 0.25) is 0 Å². The third kappa shape index (κ3) is 5.47. The number of rotatable bonds is 5. The Bertz CT molecular complexity index is 1770. The Morgan fingerprint density at radius 2 is 0.487 bits per heavy atom. The summed E-state index contributed by atoms with van der Waals surface area (Å²) in [5.41, 5.74) is 16.2. The van der Waals surface area contributed by atoms with Crippen molar-refractivity contribution in [3.63, 3.8) is 0 Å². The Hall–Kier alpha value is -4.68. The fourth-order valence-electron chi connectivity index (χ4n) is 5.48. The maximum atomic E-state index is 2.31. The van der Waals surface area contributed by atoms with E-state index in [0.717, 1.165) is 0 Å². The van der Waals surface area contributed by atoms with E-state index in [9.17, 15) is 0 Å². The molecule has 0 aliphatic carbocycles. The third-order valence-electron chi connectivity index (χ3n) is 7.36. The maximum absolute atomic E-state index is 2.31. The summed E-state index contributed by atoms with van der Waals surface area (Å²) in [6, 6.07) is 51.0. The van der Waals surface area contributed by atoms with E-state index in [0.29, 0.717) is 0 Å². The molecule has 0 N–H and O–H groups in total. The van der Waals surface area contributed by atoms with Gasteiger partial charge in [-0.05, 0) is 101 Å². The molecule has 0 amide bonds. The van der Waals surface area contributed by atoms with Crippen molar-refractivity contribution in [1.29, 1.82) is 0 Å². The molecule has 39 heavy (non-hydrogen) atoms. The zero-order chi connectivity index (χ0) is 26.8. The van der Waals surface area contributed by atoms with Gasteiger partial charge in [0.15, 0.2) is 0 Å². The molecule has 0 radical (unpaired) electrons. The van der Waals surface area contributed by atoms with E-state index in [-0.39, 0.29) is 0 Å². The van der Waals surface area contributed by atoms with E-state index in [1.165, 1.54) is 72.3 Å². The van der Waals surface area contributed by atoms with Gasteiger partial charge in [0.05, 0.1) is 0 Å². The van der Waals surface area contributed by atoms with Gasteiger partial charge >= 0.3 is 0 Å². The summed E-state index contributed by atoms with van der Waals surface area (Å²) in [5, 5.41) is 0. The minimum absolute atomic E-state index is 1.22. The molecule has 0 fully saturated rings. The molecule has 0 atom stereocenters. The van der Waals surface area contributed by atoms with Crippen LogP contribution < -0.4 is 0 Å². The third-order valence-corrected chi connectivity index (χ3v) is 7.36. The van der Waals surface area contributed by atoms with Crippen LogP contribution in [0.1, 0.15) is 16.7 Å². The molecule has 188 valence electrons. The fourth-order valence-corrected chi connectivity index (χ4v) is 5.48. The SMILES string of the molecule is Cc1cccc(-c2cccc(-c3cccc(-c4cccc(-c5cccc(-c6cc(C)cc(C)c6)c5)c4)c3)c2)c1. The Balaban J connectivity index is 1.33. The van der Waals surface area contributed by atoms with E-state index in [1.807, 2.05) is 0 Å². The van der Waals surface area contributed by atoms with Crippen LogP contribution in [-0.2, 0) is 0 Å². The zero-order valence-corrected chi connectivity index (χ0v) is 22.8. The van der Waals surface area contributed by atoms with Crippen LogP contribution in [0.25, 0.3) is 55.6 Å². The summed E-state index contributed by atoms with van der Waals surface area (Å²) in [5.74, 6) is 0. The van der Waals surface area contributed by atoms with Gasteiger partial charge in [0.2, 0.25) is 0 Å². The molecule has 0 saturated heterocycles. The molecular weight excluding hydrogens is 468 g/mol. The van der Waals surface area contributed by atoms with Crippen molar-refractivity contribution < 1.29 is 0 Å². The van der Waals surface area contributed by atoms with Gasteiger partial charge in [0.1, 0.15) is 0 Å². The van der Waals surface area contributed by atoms with Gasteiger partial charge in [-0.25, -0.2) is 0 Å². The summed E-state index contributed by atoms with van der Waals surface area (Å²) >= 11 is 0. The van der Waals surface area contributed by atoms with Crippen molar-refractivity contribution in [2.24, 2.45) is 0 Å². The Morgan fingerprint density at radius 1 is 0.231 bits per heavy atom. The van der Waals surface area contributed by atoms with Crippen LogP contribution >= 0.6 is 0 Å². The van der Waals surface area contributed by atoms with E-state index in [1.54, 1.807) is 0 Å². The lowest BCUT2D eigenvalue weighted by Gasteiger charge is -2.11. The molecule has 0 aromatic heterocycles. The molecule has 6 aromatic carbocycles.